The highest BCUT2D eigenvalue weighted by molar-refractivity contribution is 5.81. The van der Waals surface area contributed by atoms with Crippen molar-refractivity contribution >= 4 is 5.97 Å². The Morgan fingerprint density at radius 2 is 2.00 bits per heavy atom. The molecule has 0 aromatic rings. The highest BCUT2D eigenvalue weighted by Gasteiger charge is 2.69. The van der Waals surface area contributed by atoms with Gasteiger partial charge in [-0.05, 0) is 31.6 Å². The zero-order chi connectivity index (χ0) is 8.11. The maximum atomic E-state index is 11.3. The Bertz CT molecular complexity index is 188. The standard InChI is InChI=1S/C9H14O2/c1-3-11-7(10)9-4-8(2,5-9)6-9/h3-6H2,1-2H3. The van der Waals surface area contributed by atoms with Gasteiger partial charge >= 0.3 is 5.97 Å². The third-order valence-corrected chi connectivity index (χ3v) is 3.00. The number of carbonyl (C=O) groups is 1. The van der Waals surface area contributed by atoms with Gasteiger partial charge in [0.05, 0.1) is 12.0 Å². The molecular formula is C9H14O2. The molecule has 0 spiro atoms. The van der Waals surface area contributed by atoms with E-state index < -0.39 is 0 Å². The van der Waals surface area contributed by atoms with E-state index in [4.69, 9.17) is 4.74 Å². The summed E-state index contributed by atoms with van der Waals surface area (Å²) >= 11 is 0. The van der Waals surface area contributed by atoms with Gasteiger partial charge in [0, 0.05) is 0 Å². The van der Waals surface area contributed by atoms with Gasteiger partial charge in [0.2, 0.25) is 0 Å². The molecule has 2 nitrogen and oxygen atoms in total. The Kier molecular flexibility index (Phi) is 1.16. The maximum Gasteiger partial charge on any atom is 0.312 e. The van der Waals surface area contributed by atoms with Gasteiger partial charge < -0.3 is 4.74 Å². The quantitative estimate of drug-likeness (QED) is 0.566. The first-order valence-corrected chi connectivity index (χ1v) is 4.28. The Morgan fingerprint density at radius 1 is 1.45 bits per heavy atom. The highest BCUT2D eigenvalue weighted by atomic mass is 16.5. The minimum Gasteiger partial charge on any atom is -0.466 e. The number of ether oxygens (including phenoxy) is 1. The SMILES string of the molecule is CCOC(=O)C12CC(C)(C1)C2. The molecule has 0 aliphatic heterocycles. The van der Waals surface area contributed by atoms with E-state index in [1.165, 1.54) is 0 Å². The van der Waals surface area contributed by atoms with E-state index in [1.807, 2.05) is 6.92 Å². The molecule has 3 aliphatic rings. The maximum absolute atomic E-state index is 11.3. The lowest BCUT2D eigenvalue weighted by molar-refractivity contribution is -0.220. The lowest BCUT2D eigenvalue weighted by Crippen LogP contribution is -2.64. The third-order valence-electron chi connectivity index (χ3n) is 3.00. The molecule has 0 atom stereocenters. The Labute approximate surface area is 66.9 Å². The summed E-state index contributed by atoms with van der Waals surface area (Å²) in [5.74, 6) is 0.0451. The normalized spacial score (nSPS) is 45.6. The van der Waals surface area contributed by atoms with E-state index >= 15 is 0 Å². The zero-order valence-electron chi connectivity index (χ0n) is 7.14. The van der Waals surface area contributed by atoms with Crippen molar-refractivity contribution in [3.05, 3.63) is 0 Å². The van der Waals surface area contributed by atoms with Crippen LogP contribution in [0.1, 0.15) is 33.1 Å². The minimum atomic E-state index is -0.0231. The summed E-state index contributed by atoms with van der Waals surface area (Å²) in [6, 6.07) is 0. The minimum absolute atomic E-state index is 0.0231. The second kappa shape index (κ2) is 1.79. The summed E-state index contributed by atoms with van der Waals surface area (Å²) in [4.78, 5) is 11.3. The molecule has 0 amide bonds. The highest BCUT2D eigenvalue weighted by Crippen LogP contribution is 2.73. The van der Waals surface area contributed by atoms with Gasteiger partial charge in [0.1, 0.15) is 0 Å². The molecule has 0 N–H and O–H groups in total. The molecule has 62 valence electrons. The summed E-state index contributed by atoms with van der Waals surface area (Å²) < 4.78 is 4.99. The summed E-state index contributed by atoms with van der Waals surface area (Å²) in [5, 5.41) is 0. The molecule has 3 aliphatic carbocycles. The first kappa shape index (κ1) is 7.14. The van der Waals surface area contributed by atoms with Gasteiger partial charge in [-0.15, -0.1) is 0 Å². The fourth-order valence-corrected chi connectivity index (χ4v) is 2.80. The van der Waals surface area contributed by atoms with Crippen LogP contribution in [0.2, 0.25) is 0 Å². The Hall–Kier alpha value is -0.530. The topological polar surface area (TPSA) is 26.3 Å². The molecule has 2 heteroatoms. The lowest BCUT2D eigenvalue weighted by atomic mass is 9.36. The molecule has 11 heavy (non-hydrogen) atoms. The average molecular weight is 154 g/mol. The van der Waals surface area contributed by atoms with Gasteiger partial charge in [-0.2, -0.15) is 0 Å². The predicted molar refractivity (Wildman–Crippen MR) is 41.0 cm³/mol. The second-order valence-corrected chi connectivity index (χ2v) is 4.34. The molecule has 3 fully saturated rings. The zero-order valence-corrected chi connectivity index (χ0v) is 7.14. The molecule has 0 heterocycles. The van der Waals surface area contributed by atoms with Crippen molar-refractivity contribution in [1.29, 1.82) is 0 Å². The van der Waals surface area contributed by atoms with Crippen LogP contribution < -0.4 is 0 Å². The summed E-state index contributed by atoms with van der Waals surface area (Å²) in [6.45, 7) is 4.64. The van der Waals surface area contributed by atoms with E-state index in [0.717, 1.165) is 19.3 Å². The van der Waals surface area contributed by atoms with Gasteiger partial charge in [-0.1, -0.05) is 6.92 Å². The van der Waals surface area contributed by atoms with E-state index in [9.17, 15) is 4.79 Å². The van der Waals surface area contributed by atoms with Crippen molar-refractivity contribution in [2.24, 2.45) is 10.8 Å². The van der Waals surface area contributed by atoms with E-state index in [1.54, 1.807) is 0 Å². The van der Waals surface area contributed by atoms with Crippen LogP contribution in [0.3, 0.4) is 0 Å². The Morgan fingerprint density at radius 3 is 2.36 bits per heavy atom. The van der Waals surface area contributed by atoms with Gasteiger partial charge in [-0.25, -0.2) is 0 Å². The van der Waals surface area contributed by atoms with E-state index in [2.05, 4.69) is 6.92 Å². The smallest absolute Gasteiger partial charge is 0.312 e. The fraction of sp³-hybridized carbons (Fsp3) is 0.889. The third kappa shape index (κ3) is 0.754. The first-order valence-electron chi connectivity index (χ1n) is 4.28. The van der Waals surface area contributed by atoms with Gasteiger partial charge in [-0.3, -0.25) is 4.79 Å². The van der Waals surface area contributed by atoms with Crippen molar-refractivity contribution in [2.45, 2.75) is 33.1 Å². The van der Waals surface area contributed by atoms with Crippen LogP contribution in [0.5, 0.6) is 0 Å². The summed E-state index contributed by atoms with van der Waals surface area (Å²) in [5.41, 5.74) is 0.484. The number of rotatable bonds is 2. The van der Waals surface area contributed by atoms with E-state index in [0.29, 0.717) is 12.0 Å². The number of hydrogen-bond acceptors (Lipinski definition) is 2. The van der Waals surface area contributed by atoms with Crippen molar-refractivity contribution in [3.8, 4) is 0 Å². The largest absolute Gasteiger partial charge is 0.466 e. The van der Waals surface area contributed by atoms with Crippen molar-refractivity contribution in [2.75, 3.05) is 6.61 Å². The van der Waals surface area contributed by atoms with Crippen LogP contribution in [0.15, 0.2) is 0 Å². The van der Waals surface area contributed by atoms with Crippen molar-refractivity contribution in [3.63, 3.8) is 0 Å². The average Bonchev–Trinajstić information content (AvgIpc) is 1.79. The molecule has 2 bridgehead atoms. The number of carbonyl (C=O) groups excluding carboxylic acids is 1. The summed E-state index contributed by atoms with van der Waals surface area (Å²) in [7, 11) is 0. The fourth-order valence-electron chi connectivity index (χ4n) is 2.80. The molecule has 0 aromatic heterocycles. The van der Waals surface area contributed by atoms with Crippen molar-refractivity contribution < 1.29 is 9.53 Å². The summed E-state index contributed by atoms with van der Waals surface area (Å²) in [6.07, 6.45) is 3.20. The van der Waals surface area contributed by atoms with Crippen LogP contribution in [0.25, 0.3) is 0 Å². The van der Waals surface area contributed by atoms with Crippen molar-refractivity contribution in [1.82, 2.24) is 0 Å². The Balaban J connectivity index is 1.94. The van der Waals surface area contributed by atoms with Crippen LogP contribution in [0.4, 0.5) is 0 Å². The van der Waals surface area contributed by atoms with Crippen LogP contribution >= 0.6 is 0 Å². The molecule has 0 saturated heterocycles. The first-order chi connectivity index (χ1) is 5.10. The van der Waals surface area contributed by atoms with E-state index in [-0.39, 0.29) is 11.4 Å². The molecule has 3 rings (SSSR count). The molecule has 0 radical (unpaired) electrons. The molecule has 0 aromatic carbocycles. The molecule has 0 unspecified atom stereocenters. The number of hydrogen-bond donors (Lipinski definition) is 0. The van der Waals surface area contributed by atoms with Crippen LogP contribution in [-0.4, -0.2) is 12.6 Å². The van der Waals surface area contributed by atoms with Gasteiger partial charge in [0.15, 0.2) is 0 Å². The lowest BCUT2D eigenvalue weighted by Gasteiger charge is -2.67. The monoisotopic (exact) mass is 154 g/mol. The number of esters is 1. The van der Waals surface area contributed by atoms with Crippen LogP contribution in [-0.2, 0) is 9.53 Å². The predicted octanol–water partition coefficient (Wildman–Crippen LogP) is 1.74. The molecule has 3 saturated carbocycles. The van der Waals surface area contributed by atoms with Gasteiger partial charge in [0.25, 0.3) is 0 Å². The molecular weight excluding hydrogens is 140 g/mol. The van der Waals surface area contributed by atoms with Crippen LogP contribution in [0, 0.1) is 10.8 Å². The second-order valence-electron chi connectivity index (χ2n) is 4.34.